The third-order valence-corrected chi connectivity index (χ3v) is 4.68. The van der Waals surface area contributed by atoms with Crippen LogP contribution in [0.5, 0.6) is 0 Å². The molecule has 28 heavy (non-hydrogen) atoms. The van der Waals surface area contributed by atoms with Gasteiger partial charge in [-0.15, -0.1) is 0 Å². The van der Waals surface area contributed by atoms with Gasteiger partial charge < -0.3 is 15.4 Å². The molecule has 0 aliphatic carbocycles. The monoisotopic (exact) mass is 382 g/mol. The van der Waals surface area contributed by atoms with Gasteiger partial charge in [0.25, 0.3) is 0 Å². The molecule has 0 spiro atoms. The maximum absolute atomic E-state index is 12.5. The summed E-state index contributed by atoms with van der Waals surface area (Å²) in [6.07, 6.45) is 0. The molecule has 0 atom stereocenters. The number of nitrogens with one attached hydrogen (secondary N) is 1. The predicted octanol–water partition coefficient (Wildman–Crippen LogP) is 2.91. The summed E-state index contributed by atoms with van der Waals surface area (Å²) in [4.78, 5) is 22.7. The Morgan fingerprint density at radius 3 is 2.50 bits per heavy atom. The van der Waals surface area contributed by atoms with E-state index in [9.17, 15) is 14.9 Å². The summed E-state index contributed by atoms with van der Waals surface area (Å²) in [6, 6.07) is 9.42. The lowest BCUT2D eigenvalue weighted by atomic mass is 10.1. The van der Waals surface area contributed by atoms with Gasteiger partial charge in [-0.1, -0.05) is 24.3 Å². The third-order valence-electron chi connectivity index (χ3n) is 4.68. The van der Waals surface area contributed by atoms with E-state index in [1.165, 1.54) is 16.3 Å². The molecule has 0 unspecified atom stereocenters. The second-order valence-corrected chi connectivity index (χ2v) is 6.74. The molecule has 2 aromatic heterocycles. The van der Waals surface area contributed by atoms with E-state index in [1.54, 1.807) is 6.92 Å². The fourth-order valence-electron chi connectivity index (χ4n) is 3.04. The molecule has 2 heterocycles. The van der Waals surface area contributed by atoms with Crippen LogP contribution < -0.4 is 5.32 Å². The lowest BCUT2D eigenvalue weighted by molar-refractivity contribution is -0.389. The predicted molar refractivity (Wildman–Crippen MR) is 104 cm³/mol. The zero-order valence-electron chi connectivity index (χ0n) is 16.3. The van der Waals surface area contributed by atoms with Crippen LogP contribution in [0, 0.1) is 37.8 Å². The van der Waals surface area contributed by atoms with Crippen molar-refractivity contribution in [3.05, 3.63) is 68.7 Å². The summed E-state index contributed by atoms with van der Waals surface area (Å²) in [5.41, 5.74) is 5.09. The first-order chi connectivity index (χ1) is 13.3. The van der Waals surface area contributed by atoms with Crippen LogP contribution in [0.4, 0.5) is 11.5 Å². The van der Waals surface area contributed by atoms with E-state index in [4.69, 9.17) is 0 Å². The number of carbonyl (C=O) groups excluding carboxylic acids is 1. The normalized spacial score (nSPS) is 10.9. The standard InChI is InChI=1S/C19H22N6O3/c1-12-7-5-6-8-16(12)10-24-15(4)19(14(3)21-24)20-18(26)11-23-13(2)9-17(22-23)25(27)28/h5-9H,10-11H2,1-4H3,(H,20,26). The van der Waals surface area contributed by atoms with Crippen molar-refractivity contribution in [1.82, 2.24) is 19.6 Å². The van der Waals surface area contributed by atoms with Gasteiger partial charge in [0, 0.05) is 0 Å². The fourth-order valence-corrected chi connectivity index (χ4v) is 3.04. The average Bonchev–Trinajstić information content (AvgIpc) is 3.12. The van der Waals surface area contributed by atoms with Gasteiger partial charge in [-0.2, -0.15) is 9.78 Å². The van der Waals surface area contributed by atoms with Crippen molar-refractivity contribution in [3.8, 4) is 0 Å². The van der Waals surface area contributed by atoms with E-state index in [0.29, 0.717) is 23.6 Å². The van der Waals surface area contributed by atoms with Crippen molar-refractivity contribution < 1.29 is 9.72 Å². The van der Waals surface area contributed by atoms with Crippen LogP contribution >= 0.6 is 0 Å². The molecular weight excluding hydrogens is 360 g/mol. The molecule has 1 amide bonds. The van der Waals surface area contributed by atoms with Gasteiger partial charge in [0.1, 0.15) is 6.54 Å². The molecule has 1 aromatic carbocycles. The number of aryl methyl sites for hydroxylation is 3. The Kier molecular flexibility index (Phi) is 5.25. The first-order valence-corrected chi connectivity index (χ1v) is 8.83. The number of amides is 1. The topological polar surface area (TPSA) is 108 Å². The minimum atomic E-state index is -0.578. The zero-order chi connectivity index (χ0) is 20.4. The van der Waals surface area contributed by atoms with Gasteiger partial charge in [-0.3, -0.25) is 9.48 Å². The Bertz CT molecular complexity index is 1050. The first-order valence-electron chi connectivity index (χ1n) is 8.83. The van der Waals surface area contributed by atoms with Crippen molar-refractivity contribution in [3.63, 3.8) is 0 Å². The van der Waals surface area contributed by atoms with Gasteiger partial charge in [0.15, 0.2) is 0 Å². The summed E-state index contributed by atoms with van der Waals surface area (Å²) in [7, 11) is 0. The summed E-state index contributed by atoms with van der Waals surface area (Å²) in [6.45, 7) is 7.96. The Morgan fingerprint density at radius 2 is 1.86 bits per heavy atom. The largest absolute Gasteiger partial charge is 0.390 e. The van der Waals surface area contributed by atoms with E-state index in [1.807, 2.05) is 30.7 Å². The number of hydrogen-bond donors (Lipinski definition) is 1. The van der Waals surface area contributed by atoms with E-state index < -0.39 is 4.92 Å². The van der Waals surface area contributed by atoms with E-state index in [0.717, 1.165) is 11.3 Å². The maximum atomic E-state index is 12.5. The van der Waals surface area contributed by atoms with Crippen molar-refractivity contribution in [2.75, 3.05) is 5.32 Å². The Hall–Kier alpha value is -3.49. The lowest BCUT2D eigenvalue weighted by Crippen LogP contribution is -2.21. The quantitative estimate of drug-likeness (QED) is 0.521. The number of nitro groups is 1. The highest BCUT2D eigenvalue weighted by Crippen LogP contribution is 2.21. The Labute approximate surface area is 162 Å². The van der Waals surface area contributed by atoms with Gasteiger partial charge in [0.05, 0.1) is 40.5 Å². The van der Waals surface area contributed by atoms with Crippen LogP contribution in [-0.2, 0) is 17.9 Å². The van der Waals surface area contributed by atoms with Crippen molar-refractivity contribution in [2.24, 2.45) is 0 Å². The molecule has 3 aromatic rings. The first kappa shape index (κ1) is 19.3. The number of benzene rings is 1. The number of anilines is 1. The molecule has 9 nitrogen and oxygen atoms in total. The Morgan fingerprint density at radius 1 is 1.14 bits per heavy atom. The smallest absolute Gasteiger partial charge is 0.358 e. The van der Waals surface area contributed by atoms with Crippen LogP contribution in [0.25, 0.3) is 0 Å². The average molecular weight is 382 g/mol. The molecule has 1 N–H and O–H groups in total. The molecule has 0 saturated heterocycles. The number of rotatable bonds is 6. The second-order valence-electron chi connectivity index (χ2n) is 6.74. The van der Waals surface area contributed by atoms with Crippen LogP contribution in [0.15, 0.2) is 30.3 Å². The molecule has 3 rings (SSSR count). The maximum Gasteiger partial charge on any atom is 0.390 e. The van der Waals surface area contributed by atoms with E-state index >= 15 is 0 Å². The molecule has 0 aliphatic rings. The number of aromatic nitrogens is 4. The molecule has 0 aliphatic heterocycles. The van der Waals surface area contributed by atoms with Gasteiger partial charge in [0.2, 0.25) is 5.91 Å². The molecule has 0 fully saturated rings. The summed E-state index contributed by atoms with van der Waals surface area (Å²) in [5.74, 6) is -0.591. The summed E-state index contributed by atoms with van der Waals surface area (Å²) in [5, 5.41) is 22.1. The number of carbonyl (C=O) groups is 1. The van der Waals surface area contributed by atoms with Gasteiger partial charge in [-0.25, -0.2) is 0 Å². The minimum Gasteiger partial charge on any atom is -0.358 e. The number of nitrogens with zero attached hydrogens (tertiary/aromatic N) is 5. The minimum absolute atomic E-state index is 0.110. The van der Waals surface area contributed by atoms with Gasteiger partial charge >= 0.3 is 5.82 Å². The molecule has 146 valence electrons. The highest BCUT2D eigenvalue weighted by Gasteiger charge is 2.19. The summed E-state index contributed by atoms with van der Waals surface area (Å²) < 4.78 is 3.17. The highest BCUT2D eigenvalue weighted by molar-refractivity contribution is 5.91. The van der Waals surface area contributed by atoms with Gasteiger partial charge in [-0.05, 0) is 43.7 Å². The van der Waals surface area contributed by atoms with E-state index in [-0.39, 0.29) is 18.3 Å². The zero-order valence-corrected chi connectivity index (χ0v) is 16.3. The third kappa shape index (κ3) is 3.93. The van der Waals surface area contributed by atoms with Crippen molar-refractivity contribution in [1.29, 1.82) is 0 Å². The summed E-state index contributed by atoms with van der Waals surface area (Å²) >= 11 is 0. The SMILES string of the molecule is Cc1ccccc1Cn1nc(C)c(NC(=O)Cn2nc([N+](=O)[O-])cc2C)c1C. The molecular formula is C19H22N6O3. The van der Waals surface area contributed by atoms with Crippen LogP contribution in [0.3, 0.4) is 0 Å². The molecule has 0 bridgehead atoms. The van der Waals surface area contributed by atoms with Crippen LogP contribution in [0.1, 0.15) is 28.2 Å². The molecule has 9 heteroatoms. The fraction of sp³-hybridized carbons (Fsp3) is 0.316. The Balaban J connectivity index is 1.76. The second kappa shape index (κ2) is 7.63. The lowest BCUT2D eigenvalue weighted by Gasteiger charge is -2.09. The van der Waals surface area contributed by atoms with Crippen molar-refractivity contribution >= 4 is 17.4 Å². The number of hydrogen-bond acceptors (Lipinski definition) is 5. The molecule has 0 saturated carbocycles. The van der Waals surface area contributed by atoms with E-state index in [2.05, 4.69) is 34.6 Å². The molecule has 0 radical (unpaired) electrons. The van der Waals surface area contributed by atoms with Crippen LogP contribution in [-0.4, -0.2) is 30.4 Å². The van der Waals surface area contributed by atoms with Crippen molar-refractivity contribution in [2.45, 2.75) is 40.8 Å². The highest BCUT2D eigenvalue weighted by atomic mass is 16.6. The van der Waals surface area contributed by atoms with Crippen LogP contribution in [0.2, 0.25) is 0 Å².